The number of hydrogen-bond donors (Lipinski definition) is 1. The standard InChI is InChI=1S/C18H15NO2/c1-14(13-20)19-18(21)17-11-9-16(10-12-17)8-7-15-5-3-2-4-6-15/h2-6,9-14H,1H3,(H,19,21). The SMILES string of the molecule is CC(C=O)NC(=O)c1ccc(C#Cc2ccccc2)cc1. The molecule has 0 saturated carbocycles. The Morgan fingerprint density at radius 2 is 1.57 bits per heavy atom. The van der Waals surface area contributed by atoms with Crippen LogP contribution in [-0.2, 0) is 4.79 Å². The van der Waals surface area contributed by atoms with Crippen molar-refractivity contribution >= 4 is 12.2 Å². The Kier molecular flexibility index (Phi) is 4.89. The average molecular weight is 277 g/mol. The minimum Gasteiger partial charge on any atom is -0.343 e. The molecule has 0 spiro atoms. The van der Waals surface area contributed by atoms with Crippen molar-refractivity contribution in [2.24, 2.45) is 0 Å². The summed E-state index contributed by atoms with van der Waals surface area (Å²) >= 11 is 0. The van der Waals surface area contributed by atoms with E-state index >= 15 is 0 Å². The van der Waals surface area contributed by atoms with Crippen molar-refractivity contribution in [3.63, 3.8) is 0 Å². The summed E-state index contributed by atoms with van der Waals surface area (Å²) in [4.78, 5) is 22.3. The molecule has 1 atom stereocenters. The molecule has 0 saturated heterocycles. The van der Waals surface area contributed by atoms with E-state index in [0.29, 0.717) is 11.8 Å². The Hall–Kier alpha value is -2.86. The first-order chi connectivity index (χ1) is 10.2. The molecule has 0 heterocycles. The van der Waals surface area contributed by atoms with Crippen LogP contribution in [0.3, 0.4) is 0 Å². The number of carbonyl (C=O) groups is 2. The Labute approximate surface area is 124 Å². The summed E-state index contributed by atoms with van der Waals surface area (Å²) in [7, 11) is 0. The highest BCUT2D eigenvalue weighted by atomic mass is 16.2. The molecule has 1 unspecified atom stereocenters. The second-order valence-corrected chi connectivity index (χ2v) is 4.59. The topological polar surface area (TPSA) is 46.2 Å². The summed E-state index contributed by atoms with van der Waals surface area (Å²) in [6.07, 6.45) is 0.692. The Balaban J connectivity index is 2.08. The highest BCUT2D eigenvalue weighted by Gasteiger charge is 2.08. The van der Waals surface area contributed by atoms with Crippen LogP contribution in [0.2, 0.25) is 0 Å². The predicted molar refractivity (Wildman–Crippen MR) is 81.9 cm³/mol. The van der Waals surface area contributed by atoms with Gasteiger partial charge in [-0.2, -0.15) is 0 Å². The first-order valence-corrected chi connectivity index (χ1v) is 6.62. The molecule has 2 aromatic carbocycles. The third-order valence-electron chi connectivity index (χ3n) is 2.83. The molecule has 0 radical (unpaired) electrons. The van der Waals surface area contributed by atoms with Gasteiger partial charge in [-0.25, -0.2) is 0 Å². The lowest BCUT2D eigenvalue weighted by molar-refractivity contribution is -0.109. The van der Waals surface area contributed by atoms with Gasteiger partial charge in [0.2, 0.25) is 0 Å². The van der Waals surface area contributed by atoms with Gasteiger partial charge < -0.3 is 10.1 Å². The molecule has 1 amide bonds. The second-order valence-electron chi connectivity index (χ2n) is 4.59. The van der Waals surface area contributed by atoms with E-state index in [1.807, 2.05) is 30.3 Å². The molecule has 0 aliphatic heterocycles. The molecule has 0 aromatic heterocycles. The van der Waals surface area contributed by atoms with Crippen LogP contribution in [0.25, 0.3) is 0 Å². The van der Waals surface area contributed by atoms with E-state index in [1.165, 1.54) is 0 Å². The summed E-state index contributed by atoms with van der Waals surface area (Å²) in [5.41, 5.74) is 2.28. The lowest BCUT2D eigenvalue weighted by Gasteiger charge is -2.06. The van der Waals surface area contributed by atoms with E-state index in [4.69, 9.17) is 0 Å². The molecule has 0 fully saturated rings. The average Bonchev–Trinajstić information content (AvgIpc) is 2.54. The molecule has 3 nitrogen and oxygen atoms in total. The van der Waals surface area contributed by atoms with Gasteiger partial charge in [-0.1, -0.05) is 30.0 Å². The van der Waals surface area contributed by atoms with Gasteiger partial charge in [0.05, 0.1) is 6.04 Å². The minimum absolute atomic E-state index is 0.267. The van der Waals surface area contributed by atoms with E-state index in [1.54, 1.807) is 31.2 Å². The van der Waals surface area contributed by atoms with Crippen molar-refractivity contribution in [3.8, 4) is 11.8 Å². The molecular weight excluding hydrogens is 262 g/mol. The van der Waals surface area contributed by atoms with Gasteiger partial charge in [0.25, 0.3) is 5.91 Å². The number of rotatable bonds is 3. The lowest BCUT2D eigenvalue weighted by atomic mass is 10.1. The van der Waals surface area contributed by atoms with Gasteiger partial charge in [0.15, 0.2) is 0 Å². The second kappa shape index (κ2) is 7.06. The van der Waals surface area contributed by atoms with Crippen molar-refractivity contribution in [3.05, 3.63) is 71.3 Å². The highest BCUT2D eigenvalue weighted by Crippen LogP contribution is 2.04. The summed E-state index contributed by atoms with van der Waals surface area (Å²) in [5.74, 6) is 5.83. The smallest absolute Gasteiger partial charge is 0.251 e. The van der Waals surface area contributed by atoms with Crippen molar-refractivity contribution in [1.82, 2.24) is 5.32 Å². The maximum absolute atomic E-state index is 11.8. The fraction of sp³-hybridized carbons (Fsp3) is 0.111. The molecule has 0 aliphatic carbocycles. The highest BCUT2D eigenvalue weighted by molar-refractivity contribution is 5.95. The van der Waals surface area contributed by atoms with Crippen LogP contribution >= 0.6 is 0 Å². The van der Waals surface area contributed by atoms with Gasteiger partial charge in [0.1, 0.15) is 6.29 Å². The van der Waals surface area contributed by atoms with Crippen LogP contribution in [0.1, 0.15) is 28.4 Å². The molecular formula is C18H15NO2. The van der Waals surface area contributed by atoms with Crippen LogP contribution in [0, 0.1) is 11.8 Å². The first kappa shape index (κ1) is 14.5. The molecule has 2 aromatic rings. The largest absolute Gasteiger partial charge is 0.343 e. The van der Waals surface area contributed by atoms with Gasteiger partial charge in [0, 0.05) is 16.7 Å². The van der Waals surface area contributed by atoms with E-state index in [2.05, 4.69) is 17.2 Å². The van der Waals surface area contributed by atoms with Gasteiger partial charge >= 0.3 is 0 Å². The Bertz CT molecular complexity index is 679. The third-order valence-corrected chi connectivity index (χ3v) is 2.83. The monoisotopic (exact) mass is 277 g/mol. The van der Waals surface area contributed by atoms with Crippen LogP contribution in [0.5, 0.6) is 0 Å². The number of carbonyl (C=O) groups excluding carboxylic acids is 2. The van der Waals surface area contributed by atoms with Crippen molar-refractivity contribution in [2.75, 3.05) is 0 Å². The maximum atomic E-state index is 11.8. The van der Waals surface area contributed by atoms with Crippen molar-refractivity contribution in [1.29, 1.82) is 0 Å². The third kappa shape index (κ3) is 4.32. The number of aldehydes is 1. The summed E-state index contributed by atoms with van der Waals surface area (Å²) in [6, 6.07) is 16.2. The fourth-order valence-electron chi connectivity index (χ4n) is 1.69. The number of hydrogen-bond acceptors (Lipinski definition) is 2. The predicted octanol–water partition coefficient (Wildman–Crippen LogP) is 2.40. The van der Waals surface area contributed by atoms with Gasteiger partial charge in [-0.05, 0) is 43.3 Å². The Morgan fingerprint density at radius 3 is 2.14 bits per heavy atom. The quantitative estimate of drug-likeness (QED) is 0.691. The van der Waals surface area contributed by atoms with Gasteiger partial charge in [-0.3, -0.25) is 4.79 Å². The molecule has 104 valence electrons. The van der Waals surface area contributed by atoms with Crippen LogP contribution in [-0.4, -0.2) is 18.2 Å². The number of benzene rings is 2. The van der Waals surface area contributed by atoms with E-state index in [0.717, 1.165) is 11.1 Å². The van der Waals surface area contributed by atoms with Crippen LogP contribution in [0.15, 0.2) is 54.6 Å². The minimum atomic E-state index is -0.491. The summed E-state index contributed by atoms with van der Waals surface area (Å²) in [5, 5.41) is 2.58. The molecule has 2 rings (SSSR count). The zero-order valence-electron chi connectivity index (χ0n) is 11.7. The molecule has 21 heavy (non-hydrogen) atoms. The van der Waals surface area contributed by atoms with E-state index in [-0.39, 0.29) is 5.91 Å². The Morgan fingerprint density at radius 1 is 1.00 bits per heavy atom. The van der Waals surface area contributed by atoms with E-state index in [9.17, 15) is 9.59 Å². The number of amides is 1. The maximum Gasteiger partial charge on any atom is 0.251 e. The molecule has 0 bridgehead atoms. The first-order valence-electron chi connectivity index (χ1n) is 6.62. The zero-order chi connectivity index (χ0) is 15.1. The summed E-state index contributed by atoms with van der Waals surface area (Å²) in [6.45, 7) is 1.63. The number of nitrogens with one attached hydrogen (secondary N) is 1. The normalized spacial score (nSPS) is 10.9. The van der Waals surface area contributed by atoms with Crippen LogP contribution < -0.4 is 5.32 Å². The van der Waals surface area contributed by atoms with Crippen LogP contribution in [0.4, 0.5) is 0 Å². The van der Waals surface area contributed by atoms with E-state index < -0.39 is 6.04 Å². The van der Waals surface area contributed by atoms with Gasteiger partial charge in [-0.15, -0.1) is 0 Å². The molecule has 1 N–H and O–H groups in total. The zero-order valence-corrected chi connectivity index (χ0v) is 11.7. The fourth-order valence-corrected chi connectivity index (χ4v) is 1.69. The summed E-state index contributed by atoms with van der Waals surface area (Å²) < 4.78 is 0. The van der Waals surface area contributed by atoms with Crippen molar-refractivity contribution in [2.45, 2.75) is 13.0 Å². The van der Waals surface area contributed by atoms with Crippen molar-refractivity contribution < 1.29 is 9.59 Å². The molecule has 3 heteroatoms. The lowest BCUT2D eigenvalue weighted by Crippen LogP contribution is -2.33. The molecule has 0 aliphatic rings.